The largest absolute Gasteiger partial charge is 0.339 e. The molecule has 19 heavy (non-hydrogen) atoms. The smallest absolute Gasteiger partial charge is 0.240 e. The molecule has 0 bridgehead atoms. The Labute approximate surface area is 117 Å². The summed E-state index contributed by atoms with van der Waals surface area (Å²) in [6.45, 7) is 16.6. The number of piperazine rings is 1. The first-order valence-corrected chi connectivity index (χ1v) is 7.07. The lowest BCUT2D eigenvalue weighted by Crippen LogP contribution is -2.55. The molecule has 1 fully saturated rings. The first-order chi connectivity index (χ1) is 9.11. The lowest BCUT2D eigenvalue weighted by Gasteiger charge is -2.37. The van der Waals surface area contributed by atoms with Crippen molar-refractivity contribution in [3.8, 4) is 0 Å². The second kappa shape index (κ2) is 8.12. The van der Waals surface area contributed by atoms with Gasteiger partial charge < -0.3 is 10.2 Å². The molecule has 4 nitrogen and oxygen atoms in total. The van der Waals surface area contributed by atoms with E-state index in [0.29, 0.717) is 13.1 Å². The lowest BCUT2D eigenvalue weighted by atomic mass is 10.00. The molecule has 0 aromatic heterocycles. The molecular formula is C15H27N3O. The maximum Gasteiger partial charge on any atom is 0.240 e. The molecular weight excluding hydrogens is 238 g/mol. The number of carbonyl (C=O) groups excluding carboxylic acids is 1. The Morgan fingerprint density at radius 3 is 2.21 bits per heavy atom. The van der Waals surface area contributed by atoms with Gasteiger partial charge in [0.25, 0.3) is 0 Å². The molecule has 1 rings (SSSR count). The molecule has 1 atom stereocenters. The van der Waals surface area contributed by atoms with Gasteiger partial charge >= 0.3 is 0 Å². The summed E-state index contributed by atoms with van der Waals surface area (Å²) in [6, 6.07) is -0.0888. The summed E-state index contributed by atoms with van der Waals surface area (Å²) in [4.78, 5) is 16.8. The molecule has 1 heterocycles. The monoisotopic (exact) mass is 265 g/mol. The molecule has 1 aliphatic rings. The van der Waals surface area contributed by atoms with E-state index >= 15 is 0 Å². The zero-order chi connectivity index (χ0) is 14.3. The zero-order valence-electron chi connectivity index (χ0n) is 12.3. The summed E-state index contributed by atoms with van der Waals surface area (Å²) in [5.74, 6) is 0.516. The van der Waals surface area contributed by atoms with E-state index in [0.717, 1.165) is 26.2 Å². The Morgan fingerprint density at radius 2 is 1.79 bits per heavy atom. The van der Waals surface area contributed by atoms with E-state index in [-0.39, 0.29) is 17.9 Å². The van der Waals surface area contributed by atoms with Gasteiger partial charge in [-0.05, 0) is 5.92 Å². The highest BCUT2D eigenvalue weighted by Crippen LogP contribution is 2.15. The normalized spacial score (nSPS) is 17.6. The summed E-state index contributed by atoms with van der Waals surface area (Å²) in [5.41, 5.74) is 0. The molecule has 1 saturated heterocycles. The van der Waals surface area contributed by atoms with Crippen LogP contribution in [-0.4, -0.2) is 61.0 Å². The van der Waals surface area contributed by atoms with Crippen LogP contribution in [0.1, 0.15) is 13.8 Å². The van der Waals surface area contributed by atoms with E-state index in [1.54, 1.807) is 0 Å². The van der Waals surface area contributed by atoms with Crippen molar-refractivity contribution < 1.29 is 4.79 Å². The van der Waals surface area contributed by atoms with Gasteiger partial charge in [-0.25, -0.2) is 0 Å². The van der Waals surface area contributed by atoms with Gasteiger partial charge in [0.15, 0.2) is 0 Å². The lowest BCUT2D eigenvalue weighted by molar-refractivity contribution is -0.138. The molecule has 0 aliphatic carbocycles. The molecule has 0 radical (unpaired) electrons. The van der Waals surface area contributed by atoms with Crippen molar-refractivity contribution in [1.29, 1.82) is 0 Å². The summed E-state index contributed by atoms with van der Waals surface area (Å²) in [7, 11) is 0. The quantitative estimate of drug-likeness (QED) is 0.701. The predicted molar refractivity (Wildman–Crippen MR) is 80.0 cm³/mol. The summed E-state index contributed by atoms with van der Waals surface area (Å²) in [6.07, 6.45) is 3.70. The molecule has 0 aromatic carbocycles. The molecule has 1 unspecified atom stereocenters. The molecule has 0 spiro atoms. The van der Waals surface area contributed by atoms with Crippen molar-refractivity contribution in [3.05, 3.63) is 25.3 Å². The average molecular weight is 265 g/mol. The third-order valence-corrected chi connectivity index (χ3v) is 3.43. The molecule has 108 valence electrons. The van der Waals surface area contributed by atoms with Gasteiger partial charge in [0.05, 0.1) is 6.04 Å². The minimum Gasteiger partial charge on any atom is -0.339 e. The Bertz CT molecular complexity index is 299. The van der Waals surface area contributed by atoms with Crippen molar-refractivity contribution >= 4 is 5.91 Å². The molecule has 1 amide bonds. The number of nitrogens with one attached hydrogen (secondary N) is 1. The van der Waals surface area contributed by atoms with Gasteiger partial charge in [-0.2, -0.15) is 0 Å². The predicted octanol–water partition coefficient (Wildman–Crippen LogP) is 1.12. The number of nitrogens with zero attached hydrogens (tertiary/aromatic N) is 2. The van der Waals surface area contributed by atoms with Crippen LogP contribution >= 0.6 is 0 Å². The van der Waals surface area contributed by atoms with Crippen LogP contribution in [0, 0.1) is 5.92 Å². The number of hydrogen-bond acceptors (Lipinski definition) is 3. The molecule has 0 saturated carbocycles. The van der Waals surface area contributed by atoms with Crippen molar-refractivity contribution in [2.24, 2.45) is 5.92 Å². The van der Waals surface area contributed by atoms with Gasteiger partial charge in [0.2, 0.25) is 5.91 Å². The fourth-order valence-corrected chi connectivity index (χ4v) is 2.57. The maximum atomic E-state index is 12.7. The number of rotatable bonds is 7. The topological polar surface area (TPSA) is 35.6 Å². The molecule has 0 aromatic rings. The second-order valence-electron chi connectivity index (χ2n) is 5.30. The van der Waals surface area contributed by atoms with Crippen molar-refractivity contribution in [3.63, 3.8) is 0 Å². The third-order valence-electron chi connectivity index (χ3n) is 3.43. The number of amides is 1. The second-order valence-corrected chi connectivity index (χ2v) is 5.30. The maximum absolute atomic E-state index is 12.7. The van der Waals surface area contributed by atoms with Crippen molar-refractivity contribution in [2.75, 3.05) is 39.3 Å². The SMILES string of the molecule is C=CCN(CC=C)C(C(=O)N1CCNCC1)C(C)C. The fraction of sp³-hybridized carbons (Fsp3) is 0.667. The van der Waals surface area contributed by atoms with E-state index < -0.39 is 0 Å². The van der Waals surface area contributed by atoms with Crippen molar-refractivity contribution in [1.82, 2.24) is 15.1 Å². The highest BCUT2D eigenvalue weighted by atomic mass is 16.2. The van der Waals surface area contributed by atoms with Crippen LogP contribution < -0.4 is 5.32 Å². The van der Waals surface area contributed by atoms with Crippen LogP contribution in [0.2, 0.25) is 0 Å². The van der Waals surface area contributed by atoms with Crippen LogP contribution in [0.15, 0.2) is 25.3 Å². The highest BCUT2D eigenvalue weighted by Gasteiger charge is 2.31. The summed E-state index contributed by atoms with van der Waals surface area (Å²) in [5, 5.41) is 3.28. The standard InChI is InChI=1S/C15H27N3O/c1-5-9-17(10-6-2)14(13(3)4)15(19)18-11-7-16-8-12-18/h5-6,13-14,16H,1-2,7-12H2,3-4H3. The van der Waals surface area contributed by atoms with Gasteiger partial charge in [0, 0.05) is 39.3 Å². The highest BCUT2D eigenvalue weighted by molar-refractivity contribution is 5.82. The van der Waals surface area contributed by atoms with Crippen molar-refractivity contribution in [2.45, 2.75) is 19.9 Å². The number of carbonyl (C=O) groups is 1. The van der Waals surface area contributed by atoms with Gasteiger partial charge in [-0.15, -0.1) is 13.2 Å². The fourth-order valence-electron chi connectivity index (χ4n) is 2.57. The van der Waals surface area contributed by atoms with Crippen LogP contribution in [-0.2, 0) is 4.79 Å². The van der Waals surface area contributed by atoms with E-state index in [4.69, 9.17) is 0 Å². The Balaban J connectivity index is 2.80. The summed E-state index contributed by atoms with van der Waals surface area (Å²) < 4.78 is 0. The van der Waals surface area contributed by atoms with Crippen LogP contribution in [0.4, 0.5) is 0 Å². The van der Waals surface area contributed by atoms with E-state index in [9.17, 15) is 4.79 Å². The zero-order valence-corrected chi connectivity index (χ0v) is 12.3. The average Bonchev–Trinajstić information content (AvgIpc) is 2.40. The molecule has 4 heteroatoms. The minimum absolute atomic E-state index is 0.0888. The first kappa shape index (κ1) is 15.9. The van der Waals surface area contributed by atoms with Gasteiger partial charge in [-0.3, -0.25) is 9.69 Å². The Hall–Kier alpha value is -1.13. The molecule has 1 N–H and O–H groups in total. The van der Waals surface area contributed by atoms with E-state index in [1.807, 2.05) is 17.1 Å². The Kier molecular flexibility index (Phi) is 6.81. The van der Waals surface area contributed by atoms with Gasteiger partial charge in [-0.1, -0.05) is 26.0 Å². The van der Waals surface area contributed by atoms with Crippen LogP contribution in [0.25, 0.3) is 0 Å². The van der Waals surface area contributed by atoms with E-state index in [2.05, 4.69) is 37.2 Å². The summed E-state index contributed by atoms with van der Waals surface area (Å²) >= 11 is 0. The molecule has 1 aliphatic heterocycles. The number of hydrogen-bond donors (Lipinski definition) is 1. The van der Waals surface area contributed by atoms with Crippen LogP contribution in [0.5, 0.6) is 0 Å². The first-order valence-electron chi connectivity index (χ1n) is 7.07. The van der Waals surface area contributed by atoms with Gasteiger partial charge in [0.1, 0.15) is 0 Å². The van der Waals surface area contributed by atoms with Crippen LogP contribution in [0.3, 0.4) is 0 Å². The van der Waals surface area contributed by atoms with E-state index in [1.165, 1.54) is 0 Å². The third kappa shape index (κ3) is 4.48. The minimum atomic E-state index is -0.0888. The Morgan fingerprint density at radius 1 is 1.26 bits per heavy atom.